The van der Waals surface area contributed by atoms with Gasteiger partial charge in [0.15, 0.2) is 5.69 Å². The van der Waals surface area contributed by atoms with Gasteiger partial charge in [-0.1, -0.05) is 11.6 Å². The molecule has 4 aromatic heterocycles. The molecule has 20 heteroatoms. The molecule has 0 unspecified atom stereocenters. The quantitative estimate of drug-likeness (QED) is 0.0666. The van der Waals surface area contributed by atoms with Crippen molar-refractivity contribution in [1.29, 1.82) is 0 Å². The first-order valence-corrected chi connectivity index (χ1v) is 26.5. The van der Waals surface area contributed by atoms with Crippen LogP contribution in [0.5, 0.6) is 0 Å². The summed E-state index contributed by atoms with van der Waals surface area (Å²) < 4.78 is 7.38. The van der Waals surface area contributed by atoms with E-state index in [4.69, 9.17) is 11.6 Å². The third-order valence-electron chi connectivity index (χ3n) is 7.06. The van der Waals surface area contributed by atoms with Gasteiger partial charge in [-0.3, -0.25) is 19.2 Å². The molecule has 0 bridgehead atoms. The molecule has 14 nitrogen and oxygen atoms in total. The zero-order valence-electron chi connectivity index (χ0n) is 29.0. The van der Waals surface area contributed by atoms with E-state index in [9.17, 15) is 19.2 Å². The van der Waals surface area contributed by atoms with Gasteiger partial charge in [0.25, 0.3) is 23.6 Å². The molecule has 0 spiro atoms. The average molecular weight is 1020 g/mol. The number of thiophene rings is 1. The van der Waals surface area contributed by atoms with Gasteiger partial charge in [-0.25, -0.2) is 0 Å². The molecular weight excluding hydrogens is 981 g/mol. The zero-order chi connectivity index (χ0) is 37.7. The number of rotatable bonds is 16. The topological polar surface area (TPSA) is 158 Å². The van der Waals surface area contributed by atoms with E-state index in [2.05, 4.69) is 80.7 Å². The van der Waals surface area contributed by atoms with E-state index in [0.717, 1.165) is 37.5 Å². The van der Waals surface area contributed by atoms with Gasteiger partial charge >= 0.3 is 49.4 Å². The van der Waals surface area contributed by atoms with Crippen LogP contribution in [0.15, 0.2) is 36.0 Å². The molecule has 0 atom stereocenters. The summed E-state index contributed by atoms with van der Waals surface area (Å²) in [5.41, 5.74) is 1.97. The third-order valence-corrected chi connectivity index (χ3v) is 9.27. The summed E-state index contributed by atoms with van der Waals surface area (Å²) in [7, 11) is 12.0. The summed E-state index contributed by atoms with van der Waals surface area (Å²) in [5, 5.41) is 17.0. The number of carbonyl (C=O) groups excluding carboxylic acids is 4. The number of carbonyl (C=O) groups is 4. The molecular formula is C31H41ClI2N10O4S2V. The number of aromatic nitrogens is 3. The van der Waals surface area contributed by atoms with E-state index in [1.807, 2.05) is 28.2 Å². The molecule has 4 amide bonds. The summed E-state index contributed by atoms with van der Waals surface area (Å²) in [6, 6.07) is 4.73. The predicted octanol–water partition coefficient (Wildman–Crippen LogP) is 6.11. The Morgan fingerprint density at radius 1 is 0.804 bits per heavy atom. The Kier molecular flexibility index (Phi) is 18.2. The fourth-order valence-corrected chi connectivity index (χ4v) is 6.43. The first-order chi connectivity index (χ1) is 24.2. The van der Waals surface area contributed by atoms with E-state index in [1.165, 1.54) is 17.4 Å². The van der Waals surface area contributed by atoms with Crippen molar-refractivity contribution < 1.29 is 28.6 Å². The minimum atomic E-state index is -0.493. The molecule has 0 aliphatic heterocycles. The van der Waals surface area contributed by atoms with Crippen LogP contribution in [0.4, 0.5) is 22.1 Å². The number of halogens is 3. The second-order valence-electron chi connectivity index (χ2n) is 11.7. The van der Waals surface area contributed by atoms with Crippen LogP contribution in [-0.4, -0.2) is 101 Å². The van der Waals surface area contributed by atoms with Crippen LogP contribution in [0.2, 0.25) is 5.02 Å². The van der Waals surface area contributed by atoms with Crippen LogP contribution in [0.3, 0.4) is 0 Å². The van der Waals surface area contributed by atoms with Gasteiger partial charge in [-0.05, 0) is 83.9 Å². The van der Waals surface area contributed by atoms with Crippen LogP contribution in [0, 0.1) is 0 Å². The van der Waals surface area contributed by atoms with Gasteiger partial charge in [-0.15, -0.1) is 11.3 Å². The van der Waals surface area contributed by atoms with Crippen molar-refractivity contribution in [2.75, 3.05) is 75.6 Å². The van der Waals surface area contributed by atoms with Crippen LogP contribution >= 0.6 is 74.4 Å². The molecule has 4 heterocycles. The summed E-state index contributed by atoms with van der Waals surface area (Å²) in [6.45, 7) is 3.04. The van der Waals surface area contributed by atoms with Gasteiger partial charge in [0.05, 0.1) is 21.9 Å². The fourth-order valence-electron chi connectivity index (χ4n) is 4.63. The zero-order valence-corrected chi connectivity index (χ0v) is 37.1. The summed E-state index contributed by atoms with van der Waals surface area (Å²) in [5.74, 6) is -1.52. The Balaban J connectivity index is 0.00000226. The molecule has 0 aliphatic rings. The van der Waals surface area contributed by atoms with Gasteiger partial charge in [0.1, 0.15) is 21.4 Å². The molecule has 5 N–H and O–H groups in total. The van der Waals surface area contributed by atoms with Crippen molar-refractivity contribution in [1.82, 2.24) is 28.6 Å². The molecule has 4 aromatic rings. The molecule has 51 heavy (non-hydrogen) atoms. The van der Waals surface area contributed by atoms with Crippen LogP contribution in [0.25, 0.3) is 0 Å². The van der Waals surface area contributed by atoms with E-state index in [1.54, 1.807) is 53.1 Å². The molecule has 0 saturated heterocycles. The Bertz CT molecular complexity index is 1790. The fraction of sp³-hybridized carbons (Fsp3) is 0.387. The van der Waals surface area contributed by atoms with Gasteiger partial charge in [0, 0.05) is 45.0 Å². The number of hydrogen-bond donors (Lipinski definition) is 5. The minimum absolute atomic E-state index is 0.0966. The Labute approximate surface area is 339 Å². The first kappa shape index (κ1) is 43.2. The van der Waals surface area contributed by atoms with Gasteiger partial charge in [0.2, 0.25) is 0 Å². The molecule has 0 fully saturated rings. The molecule has 4 rings (SSSR count). The summed E-state index contributed by atoms with van der Waals surface area (Å²) in [4.78, 5) is 56.2. The maximum atomic E-state index is 13.2. The van der Waals surface area contributed by atoms with E-state index < -0.39 is 17.7 Å². The molecule has 0 aromatic carbocycles. The van der Waals surface area contributed by atoms with Gasteiger partial charge < -0.3 is 45.5 Å². The van der Waals surface area contributed by atoms with Crippen LogP contribution in [-0.2, 0) is 23.6 Å². The monoisotopic (exact) mass is 1020 g/mol. The van der Waals surface area contributed by atoms with Crippen LogP contribution in [0.1, 0.15) is 54.0 Å². The second kappa shape index (κ2) is 21.5. The molecule has 277 valence electrons. The Morgan fingerprint density at radius 3 is 1.86 bits per heavy atom. The normalized spacial score (nSPS) is 10.8. The van der Waals surface area contributed by atoms with Gasteiger partial charge in [-0.2, -0.15) is 4.37 Å². The molecule has 0 saturated carbocycles. The number of nitrogens with one attached hydrogen (secondary N) is 5. The summed E-state index contributed by atoms with van der Waals surface area (Å²) >= 11 is 13.5. The number of hydrogen-bond acceptors (Lipinski definition) is 10. The van der Waals surface area contributed by atoms with E-state index in [-0.39, 0.29) is 22.3 Å². The van der Waals surface area contributed by atoms with E-state index in [0.29, 0.717) is 55.2 Å². The van der Waals surface area contributed by atoms with Crippen LogP contribution < -0.4 is 26.6 Å². The Morgan fingerprint density at radius 2 is 1.31 bits per heavy atom. The average Bonchev–Trinajstić information content (AvgIpc) is 3.84. The van der Waals surface area contributed by atoms with Crippen molar-refractivity contribution in [2.24, 2.45) is 14.1 Å². The SMILES string of the molecule is CN(C)CCCNC(=O)c1cc(NC(=O)c2cc(NC(=O)c3cc(NC(=O)c4nsc(NCCCN(C)C)c4Cl)cn3C)cn2C)cs1.[I][V][I]. The number of amides is 4. The van der Waals surface area contributed by atoms with Crippen molar-refractivity contribution in [3.8, 4) is 0 Å². The molecule has 0 radical (unpaired) electrons. The Hall–Kier alpha value is -2.18. The standard InChI is InChI=1S/C31H41ClN10O4S2.2HI.V/c1-39(2)11-7-9-33-29(45)24-15-21(18-47-24)37-28(44)23-13-19(16-41(23)5)35-27(43)22-14-20(17-42(22)6)36-30(46)26-25(32)31(48-38-26)34-10-8-12-40(3)4;;;/h13-18,34H,7-12H2,1-6H3,(H,33,45)(H,35,43)(H,36,46)(H,37,44);2*1H;/q;;;+2/p-2. The third kappa shape index (κ3) is 13.6. The van der Waals surface area contributed by atoms with E-state index >= 15 is 0 Å². The number of aryl methyl sites for hydroxylation is 2. The second-order valence-corrected chi connectivity index (χ2v) is 25.6. The van der Waals surface area contributed by atoms with Crippen molar-refractivity contribution in [3.05, 3.63) is 63.0 Å². The predicted molar refractivity (Wildman–Crippen MR) is 221 cm³/mol. The number of nitrogens with zero attached hydrogens (tertiary/aromatic N) is 5. The van der Waals surface area contributed by atoms with Crippen molar-refractivity contribution in [3.63, 3.8) is 0 Å². The maximum absolute atomic E-state index is 13.2. The summed E-state index contributed by atoms with van der Waals surface area (Å²) in [6.07, 6.45) is 4.97. The first-order valence-electron chi connectivity index (χ1n) is 15.5. The number of anilines is 4. The molecule has 0 aliphatic carbocycles. The van der Waals surface area contributed by atoms with Crippen molar-refractivity contribution in [2.45, 2.75) is 12.8 Å². The van der Waals surface area contributed by atoms with Crippen molar-refractivity contribution >= 4 is 120 Å².